The molecule has 2 rings (SSSR count). The molecule has 0 amide bonds. The van der Waals surface area contributed by atoms with Crippen LogP contribution in [0, 0.1) is 6.92 Å². The van der Waals surface area contributed by atoms with Gasteiger partial charge in [0, 0.05) is 6.04 Å². The van der Waals surface area contributed by atoms with E-state index < -0.39 is 0 Å². The van der Waals surface area contributed by atoms with Crippen LogP contribution in [-0.2, 0) is 6.42 Å². The number of ether oxygens (including phenoxy) is 1. The molecule has 0 aromatic heterocycles. The lowest BCUT2D eigenvalue weighted by Crippen LogP contribution is -2.19. The number of aryl methyl sites for hydroxylation is 1. The third-order valence-electron chi connectivity index (χ3n) is 3.06. The smallest absolute Gasteiger partial charge is 0.122 e. The number of benzene rings is 1. The second kappa shape index (κ2) is 3.62. The van der Waals surface area contributed by atoms with Gasteiger partial charge in [0.25, 0.3) is 0 Å². The van der Waals surface area contributed by atoms with E-state index in [-0.39, 0.29) is 6.04 Å². The molecule has 0 saturated carbocycles. The molecule has 1 atom stereocenters. The molecule has 0 radical (unpaired) electrons. The molecule has 14 heavy (non-hydrogen) atoms. The topological polar surface area (TPSA) is 35.2 Å². The van der Waals surface area contributed by atoms with Gasteiger partial charge in [0.1, 0.15) is 5.75 Å². The molecule has 1 aromatic rings. The maximum atomic E-state index is 6.12. The van der Waals surface area contributed by atoms with Gasteiger partial charge in [0.2, 0.25) is 0 Å². The molecular weight excluding hydrogens is 174 g/mol. The molecule has 2 N–H and O–H groups in total. The standard InChI is InChI=1S/C12H17NO/c1-8-6-7-11(14-2)9-4-3-5-10(13)12(8)9/h6-7,10H,3-5,13H2,1-2H3/t10-/m1/s1. The minimum absolute atomic E-state index is 0.203. The van der Waals surface area contributed by atoms with E-state index in [9.17, 15) is 0 Å². The average molecular weight is 191 g/mol. The molecule has 1 aromatic carbocycles. The first-order chi connectivity index (χ1) is 6.74. The van der Waals surface area contributed by atoms with Gasteiger partial charge in [-0.3, -0.25) is 0 Å². The van der Waals surface area contributed by atoms with E-state index in [2.05, 4.69) is 13.0 Å². The average Bonchev–Trinajstić information content (AvgIpc) is 2.18. The Morgan fingerprint density at radius 1 is 1.43 bits per heavy atom. The molecule has 0 bridgehead atoms. The van der Waals surface area contributed by atoms with Crippen LogP contribution in [0.3, 0.4) is 0 Å². The molecule has 0 aliphatic heterocycles. The highest BCUT2D eigenvalue weighted by molar-refractivity contribution is 5.47. The van der Waals surface area contributed by atoms with Crippen LogP contribution in [0.4, 0.5) is 0 Å². The number of methoxy groups -OCH3 is 1. The first-order valence-corrected chi connectivity index (χ1v) is 5.16. The van der Waals surface area contributed by atoms with Gasteiger partial charge < -0.3 is 10.5 Å². The first kappa shape index (κ1) is 9.53. The fourth-order valence-electron chi connectivity index (χ4n) is 2.37. The Balaban J connectivity index is 2.57. The summed E-state index contributed by atoms with van der Waals surface area (Å²) >= 11 is 0. The Morgan fingerprint density at radius 2 is 2.21 bits per heavy atom. The quantitative estimate of drug-likeness (QED) is 0.739. The van der Waals surface area contributed by atoms with Gasteiger partial charge in [-0.1, -0.05) is 6.07 Å². The normalized spacial score (nSPS) is 20.4. The Kier molecular flexibility index (Phi) is 2.46. The van der Waals surface area contributed by atoms with Gasteiger partial charge in [-0.2, -0.15) is 0 Å². The van der Waals surface area contributed by atoms with Crippen LogP contribution < -0.4 is 10.5 Å². The fraction of sp³-hybridized carbons (Fsp3) is 0.500. The fourth-order valence-corrected chi connectivity index (χ4v) is 2.37. The highest BCUT2D eigenvalue weighted by Gasteiger charge is 2.21. The molecule has 0 fully saturated rings. The van der Waals surface area contributed by atoms with Gasteiger partial charge in [-0.25, -0.2) is 0 Å². The van der Waals surface area contributed by atoms with Gasteiger partial charge in [-0.05, 0) is 48.9 Å². The maximum Gasteiger partial charge on any atom is 0.122 e. The second-order valence-electron chi connectivity index (χ2n) is 3.98. The number of nitrogens with two attached hydrogens (primary N) is 1. The molecule has 1 aliphatic rings. The van der Waals surface area contributed by atoms with E-state index >= 15 is 0 Å². The van der Waals surface area contributed by atoms with Crippen LogP contribution in [0.2, 0.25) is 0 Å². The summed E-state index contributed by atoms with van der Waals surface area (Å²) in [5.41, 5.74) is 10.1. The highest BCUT2D eigenvalue weighted by Crippen LogP contribution is 2.36. The van der Waals surface area contributed by atoms with Crippen molar-refractivity contribution in [2.24, 2.45) is 5.73 Å². The zero-order valence-electron chi connectivity index (χ0n) is 8.84. The van der Waals surface area contributed by atoms with Gasteiger partial charge in [0.15, 0.2) is 0 Å². The van der Waals surface area contributed by atoms with E-state index in [0.29, 0.717) is 0 Å². The van der Waals surface area contributed by atoms with Crippen LogP contribution in [0.5, 0.6) is 5.75 Å². The zero-order chi connectivity index (χ0) is 10.1. The molecule has 0 heterocycles. The summed E-state index contributed by atoms with van der Waals surface area (Å²) < 4.78 is 5.36. The van der Waals surface area contributed by atoms with Crippen molar-refractivity contribution >= 4 is 0 Å². The van der Waals surface area contributed by atoms with Crippen molar-refractivity contribution in [3.63, 3.8) is 0 Å². The van der Waals surface area contributed by atoms with Crippen molar-refractivity contribution < 1.29 is 4.74 Å². The Morgan fingerprint density at radius 3 is 2.93 bits per heavy atom. The van der Waals surface area contributed by atoms with Crippen LogP contribution in [0.1, 0.15) is 35.6 Å². The summed E-state index contributed by atoms with van der Waals surface area (Å²) in [5, 5.41) is 0. The minimum Gasteiger partial charge on any atom is -0.496 e. The third-order valence-corrected chi connectivity index (χ3v) is 3.06. The largest absolute Gasteiger partial charge is 0.496 e. The Hall–Kier alpha value is -1.02. The number of rotatable bonds is 1. The van der Waals surface area contributed by atoms with Gasteiger partial charge in [-0.15, -0.1) is 0 Å². The summed E-state index contributed by atoms with van der Waals surface area (Å²) in [7, 11) is 1.73. The number of hydrogen-bond acceptors (Lipinski definition) is 2. The zero-order valence-corrected chi connectivity index (χ0v) is 8.84. The Bertz CT molecular complexity index is 346. The molecule has 2 heteroatoms. The van der Waals surface area contributed by atoms with Gasteiger partial charge >= 0.3 is 0 Å². The third kappa shape index (κ3) is 1.40. The van der Waals surface area contributed by atoms with Crippen LogP contribution >= 0.6 is 0 Å². The molecule has 0 saturated heterocycles. The molecule has 76 valence electrons. The van der Waals surface area contributed by atoms with E-state index in [1.807, 2.05) is 6.07 Å². The lowest BCUT2D eigenvalue weighted by molar-refractivity contribution is 0.403. The van der Waals surface area contributed by atoms with Crippen LogP contribution in [-0.4, -0.2) is 7.11 Å². The highest BCUT2D eigenvalue weighted by atomic mass is 16.5. The number of fused-ring (bicyclic) bond motifs is 1. The van der Waals surface area contributed by atoms with E-state index in [0.717, 1.165) is 18.6 Å². The van der Waals surface area contributed by atoms with Gasteiger partial charge in [0.05, 0.1) is 7.11 Å². The van der Waals surface area contributed by atoms with E-state index in [1.54, 1.807) is 7.11 Å². The predicted molar refractivity (Wildman–Crippen MR) is 57.6 cm³/mol. The predicted octanol–water partition coefficient (Wildman–Crippen LogP) is 2.34. The number of hydrogen-bond donors (Lipinski definition) is 1. The summed E-state index contributed by atoms with van der Waals surface area (Å²) in [6.45, 7) is 2.13. The SMILES string of the molecule is COc1ccc(C)c2c1CCC[C@H]2N. The van der Waals surface area contributed by atoms with E-state index in [1.165, 1.54) is 23.1 Å². The van der Waals surface area contributed by atoms with Crippen molar-refractivity contribution in [2.45, 2.75) is 32.2 Å². The minimum atomic E-state index is 0.203. The van der Waals surface area contributed by atoms with E-state index in [4.69, 9.17) is 10.5 Å². The summed E-state index contributed by atoms with van der Waals surface area (Å²) in [4.78, 5) is 0. The molecule has 2 nitrogen and oxygen atoms in total. The molecule has 0 unspecified atom stereocenters. The summed E-state index contributed by atoms with van der Waals surface area (Å²) in [6, 6.07) is 4.35. The van der Waals surface area contributed by atoms with Crippen molar-refractivity contribution in [3.8, 4) is 5.75 Å². The van der Waals surface area contributed by atoms with Crippen LogP contribution in [0.15, 0.2) is 12.1 Å². The Labute approximate surface area is 85.1 Å². The summed E-state index contributed by atoms with van der Waals surface area (Å²) in [5.74, 6) is 1.00. The van der Waals surface area contributed by atoms with Crippen molar-refractivity contribution in [3.05, 3.63) is 28.8 Å². The second-order valence-corrected chi connectivity index (χ2v) is 3.98. The first-order valence-electron chi connectivity index (χ1n) is 5.16. The van der Waals surface area contributed by atoms with Crippen LogP contribution in [0.25, 0.3) is 0 Å². The van der Waals surface area contributed by atoms with Crippen molar-refractivity contribution in [1.29, 1.82) is 0 Å². The lowest BCUT2D eigenvalue weighted by Gasteiger charge is -2.25. The molecular formula is C12H17NO. The van der Waals surface area contributed by atoms with Crippen molar-refractivity contribution in [2.75, 3.05) is 7.11 Å². The molecule has 1 aliphatic carbocycles. The maximum absolute atomic E-state index is 6.12. The monoisotopic (exact) mass is 191 g/mol. The van der Waals surface area contributed by atoms with Crippen molar-refractivity contribution in [1.82, 2.24) is 0 Å². The molecule has 0 spiro atoms. The lowest BCUT2D eigenvalue weighted by atomic mass is 9.85. The summed E-state index contributed by atoms with van der Waals surface area (Å²) in [6.07, 6.45) is 3.38.